The van der Waals surface area contributed by atoms with Gasteiger partial charge in [-0.2, -0.15) is 16.3 Å². The third kappa shape index (κ3) is 3.81. The molecule has 0 spiro atoms. The van der Waals surface area contributed by atoms with E-state index in [-0.39, 0.29) is 5.75 Å². The zero-order chi connectivity index (χ0) is 14.4. The SMILES string of the molecule is O=CNC(CSCc1nc(-c2ccsc2)no1)C(=O)O. The van der Waals surface area contributed by atoms with Crippen molar-refractivity contribution in [2.24, 2.45) is 0 Å². The summed E-state index contributed by atoms with van der Waals surface area (Å²) in [6.45, 7) is 0. The van der Waals surface area contributed by atoms with E-state index in [4.69, 9.17) is 9.63 Å². The van der Waals surface area contributed by atoms with Gasteiger partial charge in [-0.25, -0.2) is 4.79 Å². The molecule has 1 atom stereocenters. The average Bonchev–Trinajstić information content (AvgIpc) is 3.08. The van der Waals surface area contributed by atoms with Crippen molar-refractivity contribution in [3.05, 3.63) is 22.7 Å². The Labute approximate surface area is 122 Å². The van der Waals surface area contributed by atoms with Crippen molar-refractivity contribution in [1.29, 1.82) is 0 Å². The Kier molecular flexibility index (Phi) is 5.13. The van der Waals surface area contributed by atoms with Gasteiger partial charge in [0.05, 0.1) is 5.75 Å². The monoisotopic (exact) mass is 313 g/mol. The van der Waals surface area contributed by atoms with Gasteiger partial charge in [-0.3, -0.25) is 4.79 Å². The van der Waals surface area contributed by atoms with E-state index in [2.05, 4.69) is 15.5 Å². The molecule has 2 heterocycles. The number of carbonyl (C=O) groups excluding carboxylic acids is 1. The Bertz CT molecular complexity index is 570. The first-order valence-corrected chi connectivity index (χ1v) is 7.66. The molecule has 0 aliphatic rings. The number of aromatic nitrogens is 2. The molecule has 106 valence electrons. The number of thiophene rings is 1. The van der Waals surface area contributed by atoms with Gasteiger partial charge in [0.2, 0.25) is 18.1 Å². The van der Waals surface area contributed by atoms with Crippen LogP contribution in [0.1, 0.15) is 5.89 Å². The average molecular weight is 313 g/mol. The van der Waals surface area contributed by atoms with Gasteiger partial charge in [-0.05, 0) is 11.4 Å². The van der Waals surface area contributed by atoms with Crippen LogP contribution in [0, 0.1) is 0 Å². The molecule has 2 aromatic rings. The highest BCUT2D eigenvalue weighted by Crippen LogP contribution is 2.20. The highest BCUT2D eigenvalue weighted by Gasteiger charge is 2.17. The summed E-state index contributed by atoms with van der Waals surface area (Å²) in [7, 11) is 0. The first-order valence-electron chi connectivity index (χ1n) is 5.56. The molecular weight excluding hydrogens is 302 g/mol. The number of hydrogen-bond acceptors (Lipinski definition) is 7. The topological polar surface area (TPSA) is 105 Å². The maximum atomic E-state index is 10.8. The first-order chi connectivity index (χ1) is 9.70. The lowest BCUT2D eigenvalue weighted by molar-refractivity contribution is -0.139. The summed E-state index contributed by atoms with van der Waals surface area (Å²) >= 11 is 2.84. The molecule has 0 fully saturated rings. The lowest BCUT2D eigenvalue weighted by Gasteiger charge is -2.08. The van der Waals surface area contributed by atoms with Crippen molar-refractivity contribution in [3.8, 4) is 11.4 Å². The van der Waals surface area contributed by atoms with Crippen molar-refractivity contribution in [2.75, 3.05) is 5.75 Å². The molecule has 2 aromatic heterocycles. The molecule has 0 aliphatic carbocycles. The summed E-state index contributed by atoms with van der Waals surface area (Å²) in [5.74, 6) is 0.481. The third-order valence-electron chi connectivity index (χ3n) is 2.32. The predicted octanol–water partition coefficient (Wildman–Crippen LogP) is 1.23. The van der Waals surface area contributed by atoms with E-state index in [1.54, 1.807) is 11.3 Å². The zero-order valence-corrected chi connectivity index (χ0v) is 11.8. The Hall–Kier alpha value is -1.87. The molecule has 0 saturated carbocycles. The number of carboxylic acids is 1. The van der Waals surface area contributed by atoms with Crippen LogP contribution in [-0.4, -0.2) is 39.4 Å². The van der Waals surface area contributed by atoms with Crippen molar-refractivity contribution in [3.63, 3.8) is 0 Å². The minimum atomic E-state index is -1.07. The number of carbonyl (C=O) groups is 2. The van der Waals surface area contributed by atoms with E-state index in [0.717, 1.165) is 5.56 Å². The standard InChI is InChI=1S/C11H11N3O4S2/c15-6-12-8(11(16)17)4-20-5-9-13-10(14-18-9)7-1-2-19-3-7/h1-3,6,8H,4-5H2,(H,12,15)(H,16,17). The summed E-state index contributed by atoms with van der Waals surface area (Å²) in [6.07, 6.45) is 0.376. The summed E-state index contributed by atoms with van der Waals surface area (Å²) in [4.78, 5) is 25.3. The number of nitrogens with zero attached hydrogens (tertiary/aromatic N) is 2. The van der Waals surface area contributed by atoms with Gasteiger partial charge >= 0.3 is 5.97 Å². The van der Waals surface area contributed by atoms with E-state index in [9.17, 15) is 9.59 Å². The van der Waals surface area contributed by atoms with Gasteiger partial charge in [0.1, 0.15) is 6.04 Å². The lowest BCUT2D eigenvalue weighted by atomic mass is 10.3. The van der Waals surface area contributed by atoms with Gasteiger partial charge in [0.15, 0.2) is 0 Å². The van der Waals surface area contributed by atoms with Crippen LogP contribution in [-0.2, 0) is 15.3 Å². The van der Waals surface area contributed by atoms with Crippen LogP contribution in [0.25, 0.3) is 11.4 Å². The van der Waals surface area contributed by atoms with Gasteiger partial charge in [0.25, 0.3) is 0 Å². The number of rotatable bonds is 8. The predicted molar refractivity (Wildman–Crippen MR) is 74.4 cm³/mol. The minimum Gasteiger partial charge on any atom is -0.480 e. The second-order valence-corrected chi connectivity index (χ2v) is 5.52. The summed E-state index contributed by atoms with van der Waals surface area (Å²) in [6, 6.07) is 0.970. The number of hydrogen-bond donors (Lipinski definition) is 2. The molecule has 2 N–H and O–H groups in total. The normalized spacial score (nSPS) is 12.0. The van der Waals surface area contributed by atoms with Crippen molar-refractivity contribution >= 4 is 35.5 Å². The molecule has 0 aromatic carbocycles. The zero-order valence-electron chi connectivity index (χ0n) is 10.2. The molecule has 2 rings (SSSR count). The number of amides is 1. The number of aliphatic carboxylic acids is 1. The molecule has 1 amide bonds. The highest BCUT2D eigenvalue weighted by molar-refractivity contribution is 7.98. The molecule has 7 nitrogen and oxygen atoms in total. The third-order valence-corrected chi connectivity index (χ3v) is 4.03. The van der Waals surface area contributed by atoms with Crippen LogP contribution < -0.4 is 5.32 Å². The number of thioether (sulfide) groups is 1. The largest absolute Gasteiger partial charge is 0.480 e. The molecule has 0 aliphatic heterocycles. The molecule has 0 radical (unpaired) electrons. The molecule has 0 bridgehead atoms. The van der Waals surface area contributed by atoms with Crippen molar-refractivity contribution < 1.29 is 19.2 Å². The minimum absolute atomic E-state index is 0.226. The molecule has 0 saturated heterocycles. The highest BCUT2D eigenvalue weighted by atomic mass is 32.2. The fourth-order valence-electron chi connectivity index (χ4n) is 1.36. The van der Waals surface area contributed by atoms with Crippen molar-refractivity contribution in [1.82, 2.24) is 15.5 Å². The van der Waals surface area contributed by atoms with E-state index < -0.39 is 12.0 Å². The summed E-state index contributed by atoms with van der Waals surface area (Å²) in [5, 5.41) is 18.8. The van der Waals surface area contributed by atoms with Crippen LogP contribution >= 0.6 is 23.1 Å². The fourth-order valence-corrected chi connectivity index (χ4v) is 2.88. The molecule has 20 heavy (non-hydrogen) atoms. The lowest BCUT2D eigenvalue weighted by Crippen LogP contribution is -2.37. The van der Waals surface area contributed by atoms with Crippen LogP contribution in [0.5, 0.6) is 0 Å². The van der Waals surface area contributed by atoms with Crippen LogP contribution in [0.3, 0.4) is 0 Å². The summed E-state index contributed by atoms with van der Waals surface area (Å²) in [5.41, 5.74) is 0.890. The Morgan fingerprint density at radius 2 is 2.50 bits per heavy atom. The quantitative estimate of drug-likeness (QED) is 0.706. The molecule has 1 unspecified atom stereocenters. The van der Waals surface area contributed by atoms with E-state index >= 15 is 0 Å². The smallest absolute Gasteiger partial charge is 0.327 e. The van der Waals surface area contributed by atoms with Crippen LogP contribution in [0.15, 0.2) is 21.3 Å². The number of carboxylic acid groups (broad SMARTS) is 1. The second-order valence-electron chi connectivity index (χ2n) is 3.71. The van der Waals surface area contributed by atoms with Gasteiger partial charge in [-0.15, -0.1) is 11.8 Å². The Balaban J connectivity index is 1.85. The maximum absolute atomic E-state index is 10.8. The Morgan fingerprint density at radius 3 is 3.15 bits per heavy atom. The molecule has 9 heteroatoms. The van der Waals surface area contributed by atoms with Gasteiger partial charge in [0, 0.05) is 16.7 Å². The van der Waals surface area contributed by atoms with Crippen LogP contribution in [0.4, 0.5) is 0 Å². The molecular formula is C11H11N3O4S2. The first kappa shape index (κ1) is 14.5. The van der Waals surface area contributed by atoms with Crippen molar-refractivity contribution in [2.45, 2.75) is 11.8 Å². The summed E-state index contributed by atoms with van der Waals surface area (Å²) < 4.78 is 5.08. The number of nitrogens with one attached hydrogen (secondary N) is 1. The second kappa shape index (κ2) is 7.06. The van der Waals surface area contributed by atoms with E-state index in [0.29, 0.717) is 23.9 Å². The fraction of sp³-hybridized carbons (Fsp3) is 0.273. The van der Waals surface area contributed by atoms with E-state index in [1.807, 2.05) is 16.8 Å². The van der Waals surface area contributed by atoms with Gasteiger partial charge < -0.3 is 14.9 Å². The van der Waals surface area contributed by atoms with Crippen LogP contribution in [0.2, 0.25) is 0 Å². The Morgan fingerprint density at radius 1 is 1.65 bits per heavy atom. The van der Waals surface area contributed by atoms with E-state index in [1.165, 1.54) is 11.8 Å². The van der Waals surface area contributed by atoms with Gasteiger partial charge in [-0.1, -0.05) is 5.16 Å². The maximum Gasteiger partial charge on any atom is 0.327 e.